The number of nitrogens with zero attached hydrogens (tertiary/aromatic N) is 2. The lowest BCUT2D eigenvalue weighted by Gasteiger charge is -2.21. The van der Waals surface area contributed by atoms with Gasteiger partial charge < -0.3 is 23.8 Å². The quantitative estimate of drug-likeness (QED) is 0.323. The molecule has 0 spiro atoms. The molecule has 0 amide bonds. The van der Waals surface area contributed by atoms with Crippen LogP contribution in [-0.2, 0) is 25.8 Å². The van der Waals surface area contributed by atoms with Gasteiger partial charge >= 0.3 is 0 Å². The number of methoxy groups -OCH3 is 2. The van der Waals surface area contributed by atoms with Crippen molar-refractivity contribution in [2.75, 3.05) is 40.0 Å². The Labute approximate surface area is 218 Å². The van der Waals surface area contributed by atoms with Crippen molar-refractivity contribution in [1.82, 2.24) is 0 Å². The van der Waals surface area contributed by atoms with E-state index >= 15 is 0 Å². The molecule has 0 saturated carbocycles. The molecule has 0 N–H and O–H groups in total. The maximum absolute atomic E-state index is 5.85. The van der Waals surface area contributed by atoms with Crippen LogP contribution >= 0.6 is 0 Å². The van der Waals surface area contributed by atoms with E-state index in [0.717, 1.165) is 60.6 Å². The number of anilines is 1. The van der Waals surface area contributed by atoms with Gasteiger partial charge in [0.05, 0.1) is 25.2 Å². The molecule has 3 aromatic carbocycles. The third-order valence-corrected chi connectivity index (χ3v) is 7.59. The Kier molecular flexibility index (Phi) is 6.03. The van der Waals surface area contributed by atoms with E-state index < -0.39 is 0 Å². The van der Waals surface area contributed by atoms with Crippen molar-refractivity contribution >= 4 is 16.5 Å². The lowest BCUT2D eigenvalue weighted by Crippen LogP contribution is -2.41. The van der Waals surface area contributed by atoms with Gasteiger partial charge in [0.15, 0.2) is 35.7 Å². The van der Waals surface area contributed by atoms with Crippen LogP contribution < -0.4 is 28.4 Å². The topological polar surface area (TPSA) is 44.0 Å². The summed E-state index contributed by atoms with van der Waals surface area (Å²) in [5.41, 5.74) is 7.72. The lowest BCUT2D eigenvalue weighted by molar-refractivity contribution is -0.686. The van der Waals surface area contributed by atoms with Crippen molar-refractivity contribution in [3.8, 4) is 34.3 Å². The highest BCUT2D eigenvalue weighted by molar-refractivity contribution is 5.95. The Bertz CT molecular complexity index is 1480. The average Bonchev–Trinajstić information content (AvgIpc) is 3.38. The molecule has 0 unspecified atom stereocenters. The first-order valence-corrected chi connectivity index (χ1v) is 12.9. The van der Waals surface area contributed by atoms with Gasteiger partial charge in [-0.25, -0.2) is 0 Å². The molecule has 190 valence electrons. The van der Waals surface area contributed by atoms with Gasteiger partial charge in [-0.2, -0.15) is 4.57 Å². The molecular formula is C31H33N2O4+. The SMILES string of the molecule is COc1ccc2c(CCCc3ccc(N(C)C)cc3)c3[n+](cc2c1OC)CCc1cc2c(cc1-3)OCO2. The average molecular weight is 498 g/mol. The first kappa shape index (κ1) is 23.5. The molecule has 2 aliphatic heterocycles. The molecule has 1 aromatic heterocycles. The number of ether oxygens (including phenoxy) is 4. The monoisotopic (exact) mass is 497 g/mol. The van der Waals surface area contributed by atoms with E-state index in [4.69, 9.17) is 18.9 Å². The Balaban J connectivity index is 1.44. The van der Waals surface area contributed by atoms with Crippen LogP contribution in [0.3, 0.4) is 0 Å². The molecule has 2 aliphatic rings. The Morgan fingerprint density at radius 2 is 1.68 bits per heavy atom. The fourth-order valence-electron chi connectivity index (χ4n) is 5.69. The summed E-state index contributed by atoms with van der Waals surface area (Å²) in [6, 6.07) is 17.4. The Hall–Kier alpha value is -3.93. The highest BCUT2D eigenvalue weighted by Gasteiger charge is 2.32. The molecule has 0 aliphatic carbocycles. The van der Waals surface area contributed by atoms with Gasteiger partial charge in [-0.3, -0.25) is 0 Å². The highest BCUT2D eigenvalue weighted by atomic mass is 16.7. The zero-order chi connectivity index (χ0) is 25.5. The Morgan fingerprint density at radius 1 is 0.892 bits per heavy atom. The molecule has 0 saturated heterocycles. The summed E-state index contributed by atoms with van der Waals surface area (Å²) in [6.07, 6.45) is 6.18. The molecule has 6 nitrogen and oxygen atoms in total. The molecule has 4 aromatic rings. The second kappa shape index (κ2) is 9.51. The molecule has 3 heterocycles. The number of hydrogen-bond donors (Lipinski definition) is 0. The van der Waals surface area contributed by atoms with E-state index in [0.29, 0.717) is 0 Å². The summed E-state index contributed by atoms with van der Waals surface area (Å²) in [6.45, 7) is 1.18. The van der Waals surface area contributed by atoms with E-state index in [1.807, 2.05) is 6.07 Å². The van der Waals surface area contributed by atoms with Crippen LogP contribution in [0.15, 0.2) is 54.7 Å². The van der Waals surface area contributed by atoms with E-state index in [9.17, 15) is 0 Å². The van der Waals surface area contributed by atoms with Gasteiger partial charge in [0.2, 0.25) is 12.5 Å². The Morgan fingerprint density at radius 3 is 2.41 bits per heavy atom. The van der Waals surface area contributed by atoms with Crippen molar-refractivity contribution in [3.05, 3.63) is 71.4 Å². The minimum absolute atomic E-state index is 0.284. The molecule has 37 heavy (non-hydrogen) atoms. The van der Waals surface area contributed by atoms with Crippen LogP contribution in [0.4, 0.5) is 5.69 Å². The summed E-state index contributed by atoms with van der Waals surface area (Å²) in [5.74, 6) is 3.21. The molecule has 0 atom stereocenters. The first-order valence-electron chi connectivity index (χ1n) is 12.9. The standard InChI is InChI=1S/C31H33N2O4/c1-32(2)22-10-8-20(9-11-22)6-5-7-24-23-12-13-27(34-3)31(35-4)26(23)18-33-15-14-21-16-28-29(37-19-36-28)17-25(21)30(24)33/h8-13,16-18H,5-7,14-15,19H2,1-4H3/q+1. The molecule has 0 fully saturated rings. The maximum Gasteiger partial charge on any atom is 0.231 e. The molecule has 6 rings (SSSR count). The fourth-order valence-corrected chi connectivity index (χ4v) is 5.69. The number of fused-ring (bicyclic) bond motifs is 5. The normalized spacial score (nSPS) is 13.3. The van der Waals surface area contributed by atoms with Crippen molar-refractivity contribution in [2.45, 2.75) is 32.2 Å². The first-order chi connectivity index (χ1) is 18.1. The minimum Gasteiger partial charge on any atom is -0.493 e. The summed E-state index contributed by atoms with van der Waals surface area (Å²) in [5, 5.41) is 2.29. The lowest BCUT2D eigenvalue weighted by atomic mass is 9.89. The summed E-state index contributed by atoms with van der Waals surface area (Å²) in [7, 11) is 7.55. The van der Waals surface area contributed by atoms with Crippen LogP contribution in [0.25, 0.3) is 22.0 Å². The van der Waals surface area contributed by atoms with Gasteiger partial charge in [0, 0.05) is 37.2 Å². The van der Waals surface area contributed by atoms with Crippen LogP contribution in [0, 0.1) is 0 Å². The predicted octanol–water partition coefficient (Wildman–Crippen LogP) is 5.34. The number of benzene rings is 3. The second-order valence-corrected chi connectivity index (χ2v) is 9.94. The van der Waals surface area contributed by atoms with Crippen LogP contribution in [0.2, 0.25) is 0 Å². The van der Waals surface area contributed by atoms with Gasteiger partial charge in [-0.15, -0.1) is 0 Å². The number of pyridine rings is 1. The summed E-state index contributed by atoms with van der Waals surface area (Å²) >= 11 is 0. The molecule has 6 heteroatoms. The van der Waals surface area contributed by atoms with Crippen LogP contribution in [0.5, 0.6) is 23.0 Å². The summed E-state index contributed by atoms with van der Waals surface area (Å²) < 4.78 is 25.3. The predicted molar refractivity (Wildman–Crippen MR) is 145 cm³/mol. The zero-order valence-corrected chi connectivity index (χ0v) is 22.0. The smallest absolute Gasteiger partial charge is 0.231 e. The largest absolute Gasteiger partial charge is 0.493 e. The fraction of sp³-hybridized carbons (Fsp3) is 0.323. The maximum atomic E-state index is 5.85. The molecular weight excluding hydrogens is 464 g/mol. The number of rotatable bonds is 7. The van der Waals surface area contributed by atoms with Gasteiger partial charge in [-0.1, -0.05) is 12.1 Å². The van der Waals surface area contributed by atoms with Crippen molar-refractivity contribution in [3.63, 3.8) is 0 Å². The summed E-state index contributed by atoms with van der Waals surface area (Å²) in [4.78, 5) is 2.13. The van der Waals surface area contributed by atoms with E-state index in [-0.39, 0.29) is 6.79 Å². The zero-order valence-electron chi connectivity index (χ0n) is 22.0. The van der Waals surface area contributed by atoms with Crippen molar-refractivity contribution < 1.29 is 23.5 Å². The van der Waals surface area contributed by atoms with Gasteiger partial charge in [0.1, 0.15) is 0 Å². The van der Waals surface area contributed by atoms with E-state index in [2.05, 4.69) is 72.2 Å². The van der Waals surface area contributed by atoms with Crippen LogP contribution in [-0.4, -0.2) is 35.1 Å². The third kappa shape index (κ3) is 4.10. The number of aryl methyl sites for hydroxylation is 4. The van der Waals surface area contributed by atoms with Crippen molar-refractivity contribution in [2.24, 2.45) is 0 Å². The van der Waals surface area contributed by atoms with Gasteiger partial charge in [0.25, 0.3) is 0 Å². The minimum atomic E-state index is 0.284. The third-order valence-electron chi connectivity index (χ3n) is 7.59. The highest BCUT2D eigenvalue weighted by Crippen LogP contribution is 2.43. The number of hydrogen-bond acceptors (Lipinski definition) is 5. The van der Waals surface area contributed by atoms with Crippen LogP contribution in [0.1, 0.15) is 23.1 Å². The number of aromatic nitrogens is 1. The van der Waals surface area contributed by atoms with Gasteiger partial charge in [-0.05, 0) is 66.8 Å². The second-order valence-electron chi connectivity index (χ2n) is 9.94. The molecule has 0 radical (unpaired) electrons. The van der Waals surface area contributed by atoms with Crippen molar-refractivity contribution in [1.29, 1.82) is 0 Å². The van der Waals surface area contributed by atoms with E-state index in [1.54, 1.807) is 14.2 Å². The van der Waals surface area contributed by atoms with E-state index in [1.165, 1.54) is 39.0 Å². The molecule has 0 bridgehead atoms.